The van der Waals surface area contributed by atoms with Crippen molar-refractivity contribution in [3.05, 3.63) is 145 Å². The van der Waals surface area contributed by atoms with Crippen molar-refractivity contribution in [3.63, 3.8) is 0 Å². The number of rotatable bonds is 4. The van der Waals surface area contributed by atoms with Crippen molar-refractivity contribution >= 4 is 49.4 Å². The van der Waals surface area contributed by atoms with E-state index in [4.69, 9.17) is 4.42 Å². The number of furan rings is 1. The van der Waals surface area contributed by atoms with Crippen LogP contribution in [0.4, 0.5) is 0 Å². The maximum atomic E-state index is 11.2. The van der Waals surface area contributed by atoms with Crippen LogP contribution in [0.2, 0.25) is 0 Å². The molecule has 9 aromatic rings. The molecule has 0 atom stereocenters. The van der Waals surface area contributed by atoms with E-state index in [0.717, 1.165) is 84.5 Å². The molecule has 1 aliphatic carbocycles. The van der Waals surface area contributed by atoms with E-state index in [1.165, 1.54) is 5.56 Å². The molecule has 0 bridgehead atoms. The largest absolute Gasteiger partial charge is 0.504 e. The summed E-state index contributed by atoms with van der Waals surface area (Å²) >= 11 is 0. The predicted octanol–water partition coefficient (Wildman–Crippen LogP) is 12.0. The Hall–Kier alpha value is -7.18. The molecule has 8 aromatic carbocycles. The molecular weight excluding hydrogens is 673 g/mol. The van der Waals surface area contributed by atoms with Crippen LogP contribution < -0.4 is 0 Å². The summed E-state index contributed by atoms with van der Waals surface area (Å²) in [5.41, 5.74) is 8.71. The second-order valence-electron chi connectivity index (χ2n) is 13.8. The van der Waals surface area contributed by atoms with Crippen molar-refractivity contribution in [1.29, 1.82) is 0 Å². The quantitative estimate of drug-likeness (QED) is 0.0708. The smallest absolute Gasteiger partial charge is 0.208 e. The van der Waals surface area contributed by atoms with E-state index in [0.29, 0.717) is 16.3 Å². The van der Waals surface area contributed by atoms with Gasteiger partial charge in [-0.2, -0.15) is 0 Å². The number of aromatic hydroxyl groups is 5. The zero-order valence-corrected chi connectivity index (χ0v) is 28.8. The van der Waals surface area contributed by atoms with Gasteiger partial charge in [0.1, 0.15) is 11.3 Å². The molecule has 0 spiro atoms. The number of phenolic OH excluding ortho intramolecular Hbond substituents is 5. The van der Waals surface area contributed by atoms with Gasteiger partial charge >= 0.3 is 0 Å². The minimum atomic E-state index is -0.996. The maximum Gasteiger partial charge on any atom is 0.208 e. The number of benzene rings is 8. The lowest BCUT2D eigenvalue weighted by Gasteiger charge is -2.21. The van der Waals surface area contributed by atoms with Crippen molar-refractivity contribution in [1.82, 2.24) is 0 Å². The summed E-state index contributed by atoms with van der Waals surface area (Å²) in [5, 5.41) is 60.0. The second kappa shape index (κ2) is 11.9. The first kappa shape index (κ1) is 31.5. The Morgan fingerprint density at radius 2 is 0.926 bits per heavy atom. The zero-order valence-electron chi connectivity index (χ0n) is 28.8. The molecule has 6 nitrogen and oxygen atoms in total. The lowest BCUT2D eigenvalue weighted by atomic mass is 9.82. The SMILES string of the molecule is Oc1c(O)c(O)c(-c2c3ccccc3c(-c3cccc4c(-c5c(-c6ccccc6)ccc6oc7c(c56)CCC=C7)cccc34)c3ccccc23)c(O)c1O. The van der Waals surface area contributed by atoms with Gasteiger partial charge in [-0.1, -0.05) is 127 Å². The van der Waals surface area contributed by atoms with Gasteiger partial charge in [-0.05, 0) is 85.1 Å². The van der Waals surface area contributed by atoms with Crippen LogP contribution in [0.15, 0.2) is 138 Å². The minimum Gasteiger partial charge on any atom is -0.504 e. The van der Waals surface area contributed by atoms with Crippen LogP contribution in [-0.4, -0.2) is 25.5 Å². The summed E-state index contributed by atoms with van der Waals surface area (Å²) in [7, 11) is 0. The fourth-order valence-corrected chi connectivity index (χ4v) is 8.57. The van der Waals surface area contributed by atoms with Crippen LogP contribution in [0.3, 0.4) is 0 Å². The molecule has 0 unspecified atom stereocenters. The molecule has 0 radical (unpaired) electrons. The van der Waals surface area contributed by atoms with Crippen LogP contribution in [0.1, 0.15) is 17.7 Å². The summed E-state index contributed by atoms with van der Waals surface area (Å²) in [5.74, 6) is -3.39. The highest BCUT2D eigenvalue weighted by Gasteiger charge is 2.29. The van der Waals surface area contributed by atoms with E-state index >= 15 is 0 Å². The Balaban J connectivity index is 1.31. The molecule has 260 valence electrons. The number of hydrogen-bond donors (Lipinski definition) is 5. The van der Waals surface area contributed by atoms with E-state index in [2.05, 4.69) is 84.9 Å². The van der Waals surface area contributed by atoms with Crippen LogP contribution in [0, 0.1) is 0 Å². The minimum absolute atomic E-state index is 0.179. The molecule has 1 aliphatic rings. The van der Waals surface area contributed by atoms with Gasteiger partial charge in [0.2, 0.25) is 17.2 Å². The van der Waals surface area contributed by atoms with Gasteiger partial charge in [0.25, 0.3) is 0 Å². The fraction of sp³-hybridized carbons (Fsp3) is 0.0417. The highest BCUT2D eigenvalue weighted by molar-refractivity contribution is 6.25. The number of phenols is 5. The van der Waals surface area contributed by atoms with E-state index in [9.17, 15) is 25.5 Å². The molecule has 0 fully saturated rings. The third-order valence-corrected chi connectivity index (χ3v) is 10.9. The predicted molar refractivity (Wildman–Crippen MR) is 216 cm³/mol. The number of aryl methyl sites for hydroxylation is 1. The summed E-state index contributed by atoms with van der Waals surface area (Å²) < 4.78 is 6.46. The van der Waals surface area contributed by atoms with E-state index in [-0.39, 0.29) is 5.56 Å². The highest BCUT2D eigenvalue weighted by Crippen LogP contribution is 2.58. The normalized spacial score (nSPS) is 12.6. The average Bonchev–Trinajstić information content (AvgIpc) is 3.60. The van der Waals surface area contributed by atoms with Gasteiger partial charge in [-0.25, -0.2) is 0 Å². The first-order valence-electron chi connectivity index (χ1n) is 17.9. The molecule has 0 aliphatic heterocycles. The molecule has 0 saturated heterocycles. The fourth-order valence-electron chi connectivity index (χ4n) is 8.57. The van der Waals surface area contributed by atoms with Crippen molar-refractivity contribution in [2.24, 2.45) is 0 Å². The molecule has 54 heavy (non-hydrogen) atoms. The van der Waals surface area contributed by atoms with Crippen molar-refractivity contribution in [2.45, 2.75) is 12.8 Å². The number of fused-ring (bicyclic) bond motifs is 6. The molecule has 10 rings (SSSR count). The monoisotopic (exact) mass is 704 g/mol. The zero-order chi connectivity index (χ0) is 36.7. The van der Waals surface area contributed by atoms with Crippen LogP contribution in [0.25, 0.3) is 93.9 Å². The van der Waals surface area contributed by atoms with Gasteiger partial charge in [0.05, 0.1) is 5.56 Å². The molecule has 6 heteroatoms. The maximum absolute atomic E-state index is 11.2. The number of allylic oxidation sites excluding steroid dienone is 1. The first-order chi connectivity index (χ1) is 26.4. The molecular formula is C48H32O6. The first-order valence-corrected chi connectivity index (χ1v) is 17.9. The van der Waals surface area contributed by atoms with Gasteiger partial charge in [-0.3, -0.25) is 0 Å². The number of hydrogen-bond acceptors (Lipinski definition) is 6. The van der Waals surface area contributed by atoms with Gasteiger partial charge in [0.15, 0.2) is 11.5 Å². The third-order valence-electron chi connectivity index (χ3n) is 10.9. The Bertz CT molecular complexity index is 2960. The summed E-state index contributed by atoms with van der Waals surface area (Å²) in [6.07, 6.45) is 6.10. The second-order valence-corrected chi connectivity index (χ2v) is 13.8. The molecule has 1 aromatic heterocycles. The Labute approximate surface area is 309 Å². The van der Waals surface area contributed by atoms with Crippen molar-refractivity contribution in [3.8, 4) is 73.3 Å². The van der Waals surface area contributed by atoms with E-state index in [1.54, 1.807) is 0 Å². The highest BCUT2D eigenvalue weighted by atomic mass is 16.4. The van der Waals surface area contributed by atoms with E-state index < -0.39 is 28.7 Å². The molecule has 0 saturated carbocycles. The van der Waals surface area contributed by atoms with E-state index in [1.807, 2.05) is 54.6 Å². The summed E-state index contributed by atoms with van der Waals surface area (Å²) in [6, 6.07) is 42.9. The van der Waals surface area contributed by atoms with Crippen LogP contribution >= 0.6 is 0 Å². The molecule has 1 heterocycles. The summed E-state index contributed by atoms with van der Waals surface area (Å²) in [6.45, 7) is 0. The van der Waals surface area contributed by atoms with Crippen molar-refractivity contribution in [2.75, 3.05) is 0 Å². The van der Waals surface area contributed by atoms with Gasteiger partial charge < -0.3 is 29.9 Å². The summed E-state index contributed by atoms with van der Waals surface area (Å²) in [4.78, 5) is 0. The van der Waals surface area contributed by atoms with Gasteiger partial charge in [0, 0.05) is 22.1 Å². The van der Waals surface area contributed by atoms with Crippen LogP contribution in [0.5, 0.6) is 28.7 Å². The van der Waals surface area contributed by atoms with Crippen molar-refractivity contribution < 1.29 is 29.9 Å². The molecule has 5 N–H and O–H groups in total. The van der Waals surface area contributed by atoms with Gasteiger partial charge in [-0.15, -0.1) is 0 Å². The molecule has 0 amide bonds. The Kier molecular flexibility index (Phi) is 6.97. The standard InChI is InChI=1S/C48H32O6/c49-44-43(45(50)47(52)48(53)46(44)51)41-34-16-6-4-14-32(34)39(33-15-5-7-17-35(33)41)30-21-10-20-29-28(30)19-11-22-31(29)40-27(26-12-2-1-3-13-26)24-25-38-42(40)36-18-8-9-23-37(36)54-38/h1-7,9-17,19-25,49-53H,8,18H2. The van der Waals surface area contributed by atoms with Crippen LogP contribution in [-0.2, 0) is 6.42 Å². The third kappa shape index (κ3) is 4.47. The lowest BCUT2D eigenvalue weighted by Crippen LogP contribution is -1.95. The average molecular weight is 705 g/mol. The lowest BCUT2D eigenvalue weighted by molar-refractivity contribution is 0.330. The topological polar surface area (TPSA) is 114 Å². The Morgan fingerprint density at radius 1 is 0.407 bits per heavy atom. The Morgan fingerprint density at radius 3 is 1.54 bits per heavy atom.